The minimum absolute atomic E-state index is 0.0214. The fraction of sp³-hybridized carbons (Fsp3) is 0.133. The van der Waals surface area contributed by atoms with Gasteiger partial charge in [0.25, 0.3) is 0 Å². The van der Waals surface area contributed by atoms with Crippen molar-refractivity contribution in [1.82, 2.24) is 0 Å². The molecule has 0 aliphatic rings. The molecule has 3 heteroatoms. The minimum Gasteiger partial charge on any atom is -0.318 e. The van der Waals surface area contributed by atoms with Gasteiger partial charge in [-0.3, -0.25) is 4.79 Å². The molecule has 92 valence electrons. The fourth-order valence-corrected chi connectivity index (χ4v) is 2.21. The first kappa shape index (κ1) is 13.0. The summed E-state index contributed by atoms with van der Waals surface area (Å²) in [7, 11) is 0. The van der Waals surface area contributed by atoms with E-state index in [9.17, 15) is 4.79 Å². The monoisotopic (exact) mass is 303 g/mol. The standard InChI is InChI=1S/C15H14BrNO/c16-13-9-5-4-8-12(13)10-14(18)15(17)11-6-2-1-3-7-11/h1-9,15H,10,17H2/t15-/m1/s1. The predicted octanol–water partition coefficient (Wildman–Crippen LogP) is 3.26. The molecular weight excluding hydrogens is 290 g/mol. The van der Waals surface area contributed by atoms with E-state index in [0.717, 1.165) is 15.6 Å². The zero-order valence-corrected chi connectivity index (χ0v) is 11.4. The maximum Gasteiger partial charge on any atom is 0.158 e. The molecule has 2 aromatic rings. The van der Waals surface area contributed by atoms with Crippen molar-refractivity contribution in [2.75, 3.05) is 0 Å². The SMILES string of the molecule is N[C@@H](C(=O)Cc1ccccc1Br)c1ccccc1. The van der Waals surface area contributed by atoms with E-state index in [1.54, 1.807) is 0 Å². The molecule has 0 fully saturated rings. The topological polar surface area (TPSA) is 43.1 Å². The molecule has 2 rings (SSSR count). The molecule has 0 aliphatic carbocycles. The van der Waals surface area contributed by atoms with Gasteiger partial charge >= 0.3 is 0 Å². The van der Waals surface area contributed by atoms with Gasteiger partial charge < -0.3 is 5.73 Å². The maximum atomic E-state index is 12.1. The molecule has 0 aromatic heterocycles. The summed E-state index contributed by atoms with van der Waals surface area (Å²) >= 11 is 3.44. The molecule has 2 nitrogen and oxygen atoms in total. The first-order valence-corrected chi connectivity index (χ1v) is 6.54. The van der Waals surface area contributed by atoms with Gasteiger partial charge in [-0.2, -0.15) is 0 Å². The molecule has 0 radical (unpaired) electrons. The Balaban J connectivity index is 2.12. The lowest BCUT2D eigenvalue weighted by atomic mass is 9.98. The van der Waals surface area contributed by atoms with Crippen molar-refractivity contribution >= 4 is 21.7 Å². The van der Waals surface area contributed by atoms with Crippen molar-refractivity contribution < 1.29 is 4.79 Å². The van der Waals surface area contributed by atoms with Crippen LogP contribution in [-0.2, 0) is 11.2 Å². The summed E-state index contributed by atoms with van der Waals surface area (Å²) in [5.41, 5.74) is 7.79. The van der Waals surface area contributed by atoms with Gasteiger partial charge in [0.1, 0.15) is 0 Å². The molecule has 0 saturated heterocycles. The summed E-state index contributed by atoms with van der Waals surface area (Å²) in [6.45, 7) is 0. The summed E-state index contributed by atoms with van der Waals surface area (Å²) in [5.74, 6) is 0.0214. The molecule has 0 aliphatic heterocycles. The molecule has 0 amide bonds. The second kappa shape index (κ2) is 5.94. The van der Waals surface area contributed by atoms with Crippen molar-refractivity contribution in [3.63, 3.8) is 0 Å². The molecule has 2 aromatic carbocycles. The van der Waals surface area contributed by atoms with Gasteiger partial charge in [0, 0.05) is 10.9 Å². The smallest absolute Gasteiger partial charge is 0.158 e. The molecule has 18 heavy (non-hydrogen) atoms. The third kappa shape index (κ3) is 3.06. The quantitative estimate of drug-likeness (QED) is 0.942. The van der Waals surface area contributed by atoms with Crippen LogP contribution < -0.4 is 5.73 Å². The number of Topliss-reactive ketones (excluding diaryl/α,β-unsaturated/α-hetero) is 1. The normalized spacial score (nSPS) is 12.1. The molecule has 1 atom stereocenters. The third-order valence-electron chi connectivity index (χ3n) is 2.83. The molecule has 0 saturated carbocycles. The van der Waals surface area contributed by atoms with Crippen LogP contribution in [0.5, 0.6) is 0 Å². The lowest BCUT2D eigenvalue weighted by Crippen LogP contribution is -2.23. The Labute approximate surface area is 115 Å². The number of carbonyl (C=O) groups is 1. The van der Waals surface area contributed by atoms with E-state index >= 15 is 0 Å². The zero-order chi connectivity index (χ0) is 13.0. The Morgan fingerprint density at radius 3 is 2.33 bits per heavy atom. The largest absolute Gasteiger partial charge is 0.318 e. The lowest BCUT2D eigenvalue weighted by molar-refractivity contribution is -0.119. The maximum absolute atomic E-state index is 12.1. The highest BCUT2D eigenvalue weighted by atomic mass is 79.9. The van der Waals surface area contributed by atoms with Gasteiger partial charge in [0.2, 0.25) is 0 Å². The van der Waals surface area contributed by atoms with Gasteiger partial charge in [0.15, 0.2) is 5.78 Å². The molecule has 0 spiro atoms. The molecule has 0 bridgehead atoms. The number of nitrogens with two attached hydrogens (primary N) is 1. The Morgan fingerprint density at radius 2 is 1.67 bits per heavy atom. The average Bonchev–Trinajstić information content (AvgIpc) is 2.41. The predicted molar refractivity (Wildman–Crippen MR) is 76.2 cm³/mol. The second-order valence-corrected chi connectivity index (χ2v) is 4.98. The van der Waals surface area contributed by atoms with Crippen molar-refractivity contribution in [2.45, 2.75) is 12.5 Å². The van der Waals surface area contributed by atoms with Crippen molar-refractivity contribution in [3.05, 3.63) is 70.2 Å². The van der Waals surface area contributed by atoms with Crippen LogP contribution in [0.3, 0.4) is 0 Å². The van der Waals surface area contributed by atoms with Gasteiger partial charge in [-0.05, 0) is 17.2 Å². The molecule has 0 unspecified atom stereocenters. The minimum atomic E-state index is -0.557. The van der Waals surface area contributed by atoms with E-state index < -0.39 is 6.04 Å². The van der Waals surface area contributed by atoms with Crippen LogP contribution >= 0.6 is 15.9 Å². The van der Waals surface area contributed by atoms with E-state index in [2.05, 4.69) is 15.9 Å². The Hall–Kier alpha value is -1.45. The van der Waals surface area contributed by atoms with Crippen LogP contribution in [0.4, 0.5) is 0 Å². The van der Waals surface area contributed by atoms with Crippen LogP contribution in [0.15, 0.2) is 59.1 Å². The first-order valence-electron chi connectivity index (χ1n) is 5.75. The summed E-state index contributed by atoms with van der Waals surface area (Å²) < 4.78 is 0.943. The number of ketones is 1. The Morgan fingerprint density at radius 1 is 1.06 bits per heavy atom. The van der Waals surface area contributed by atoms with Crippen LogP contribution in [0.2, 0.25) is 0 Å². The molecular formula is C15H14BrNO. The number of carbonyl (C=O) groups excluding carboxylic acids is 1. The van der Waals surface area contributed by atoms with Crippen LogP contribution in [0.25, 0.3) is 0 Å². The number of benzene rings is 2. The van der Waals surface area contributed by atoms with E-state index in [4.69, 9.17) is 5.73 Å². The average molecular weight is 304 g/mol. The van der Waals surface area contributed by atoms with Gasteiger partial charge in [-0.15, -0.1) is 0 Å². The van der Waals surface area contributed by atoms with E-state index in [-0.39, 0.29) is 5.78 Å². The van der Waals surface area contributed by atoms with Crippen LogP contribution in [0.1, 0.15) is 17.2 Å². The second-order valence-electron chi connectivity index (χ2n) is 4.12. The van der Waals surface area contributed by atoms with Gasteiger partial charge in [-0.1, -0.05) is 64.5 Å². The molecule has 0 heterocycles. The van der Waals surface area contributed by atoms with Crippen molar-refractivity contribution in [3.8, 4) is 0 Å². The summed E-state index contributed by atoms with van der Waals surface area (Å²) in [6.07, 6.45) is 0.345. The van der Waals surface area contributed by atoms with Crippen molar-refractivity contribution in [2.24, 2.45) is 5.73 Å². The summed E-state index contributed by atoms with van der Waals surface area (Å²) in [4.78, 5) is 12.1. The van der Waals surface area contributed by atoms with Gasteiger partial charge in [0.05, 0.1) is 6.04 Å². The fourth-order valence-electron chi connectivity index (χ4n) is 1.79. The number of hydrogen-bond donors (Lipinski definition) is 1. The van der Waals surface area contributed by atoms with E-state index in [1.165, 1.54) is 0 Å². The summed E-state index contributed by atoms with van der Waals surface area (Å²) in [5, 5.41) is 0. The van der Waals surface area contributed by atoms with E-state index in [0.29, 0.717) is 6.42 Å². The molecule has 2 N–H and O–H groups in total. The van der Waals surface area contributed by atoms with Crippen molar-refractivity contribution in [1.29, 1.82) is 0 Å². The Bertz CT molecular complexity index is 539. The Kier molecular flexibility index (Phi) is 4.28. The summed E-state index contributed by atoms with van der Waals surface area (Å²) in [6, 6.07) is 16.6. The highest BCUT2D eigenvalue weighted by Crippen LogP contribution is 2.19. The highest BCUT2D eigenvalue weighted by molar-refractivity contribution is 9.10. The zero-order valence-electron chi connectivity index (χ0n) is 9.84. The van der Waals surface area contributed by atoms with Crippen LogP contribution in [0, 0.1) is 0 Å². The number of hydrogen-bond acceptors (Lipinski definition) is 2. The van der Waals surface area contributed by atoms with Crippen LogP contribution in [-0.4, -0.2) is 5.78 Å². The first-order chi connectivity index (χ1) is 8.68. The lowest BCUT2D eigenvalue weighted by Gasteiger charge is -2.11. The van der Waals surface area contributed by atoms with Gasteiger partial charge in [-0.25, -0.2) is 0 Å². The van der Waals surface area contributed by atoms with E-state index in [1.807, 2.05) is 54.6 Å². The highest BCUT2D eigenvalue weighted by Gasteiger charge is 2.16. The number of rotatable bonds is 4. The third-order valence-corrected chi connectivity index (χ3v) is 3.60. The number of halogens is 1.